The van der Waals surface area contributed by atoms with Gasteiger partial charge in [0.25, 0.3) is 0 Å². The van der Waals surface area contributed by atoms with Crippen LogP contribution in [0.1, 0.15) is 400 Å². The first kappa shape index (κ1) is 74.2. The highest BCUT2D eigenvalue weighted by Crippen LogP contribution is 2.19. The first-order valence-electron chi connectivity index (χ1n) is 34.7. The van der Waals surface area contributed by atoms with Gasteiger partial charge in [-0.15, -0.1) is 0 Å². The van der Waals surface area contributed by atoms with E-state index in [2.05, 4.69) is 32.9 Å². The van der Waals surface area contributed by atoms with Gasteiger partial charge in [0.2, 0.25) is 0 Å². The summed E-state index contributed by atoms with van der Waals surface area (Å²) in [5, 5.41) is 0. The fourth-order valence-electron chi connectivity index (χ4n) is 10.8. The fraction of sp³-hybridized carbons (Fsp3) is 0.929. The maximum atomic E-state index is 12.9. The van der Waals surface area contributed by atoms with E-state index >= 15 is 0 Å². The van der Waals surface area contributed by atoms with Gasteiger partial charge in [-0.05, 0) is 44.9 Å². The second-order valence-corrected chi connectivity index (χ2v) is 23.8. The minimum atomic E-state index is -0.768. The molecule has 6 nitrogen and oxygen atoms in total. The van der Waals surface area contributed by atoms with Crippen molar-refractivity contribution >= 4 is 17.9 Å². The van der Waals surface area contributed by atoms with Gasteiger partial charge in [0, 0.05) is 19.3 Å². The summed E-state index contributed by atoms with van der Waals surface area (Å²) in [7, 11) is 0. The lowest BCUT2D eigenvalue weighted by atomic mass is 10.0. The third-order valence-electron chi connectivity index (χ3n) is 16.0. The number of ether oxygens (including phenoxy) is 3. The highest BCUT2D eigenvalue weighted by atomic mass is 16.6. The van der Waals surface area contributed by atoms with Gasteiger partial charge in [-0.1, -0.05) is 348 Å². The van der Waals surface area contributed by atoms with E-state index in [9.17, 15) is 14.4 Å². The number of allylic oxidation sites excluding steroid dienone is 2. The summed E-state index contributed by atoms with van der Waals surface area (Å²) in [6.07, 6.45) is 78.1. The van der Waals surface area contributed by atoms with Gasteiger partial charge in [0.15, 0.2) is 6.10 Å². The maximum Gasteiger partial charge on any atom is 0.306 e. The Labute approximate surface area is 475 Å². The summed E-state index contributed by atoms with van der Waals surface area (Å²) in [6.45, 7) is 6.72. The van der Waals surface area contributed by atoms with Crippen molar-refractivity contribution in [2.45, 2.75) is 406 Å². The minimum absolute atomic E-state index is 0.0649. The van der Waals surface area contributed by atoms with Crippen LogP contribution in [0, 0.1) is 0 Å². The zero-order valence-corrected chi connectivity index (χ0v) is 51.8. The van der Waals surface area contributed by atoms with Crippen molar-refractivity contribution in [2.24, 2.45) is 0 Å². The van der Waals surface area contributed by atoms with Gasteiger partial charge in [-0.25, -0.2) is 0 Å². The van der Waals surface area contributed by atoms with Crippen molar-refractivity contribution in [3.8, 4) is 0 Å². The Morgan fingerprint density at radius 3 is 0.658 bits per heavy atom. The van der Waals surface area contributed by atoms with Crippen LogP contribution >= 0.6 is 0 Å². The Hall–Kier alpha value is -1.85. The van der Waals surface area contributed by atoms with Crippen LogP contribution in [0.5, 0.6) is 0 Å². The molecule has 0 bridgehead atoms. The molecule has 450 valence electrons. The van der Waals surface area contributed by atoms with Gasteiger partial charge < -0.3 is 14.2 Å². The third kappa shape index (κ3) is 63.0. The van der Waals surface area contributed by atoms with Crippen LogP contribution in [0.25, 0.3) is 0 Å². The second-order valence-electron chi connectivity index (χ2n) is 23.8. The fourth-order valence-corrected chi connectivity index (χ4v) is 10.8. The smallest absolute Gasteiger partial charge is 0.306 e. The molecule has 0 amide bonds. The average molecular weight is 1070 g/mol. The molecule has 0 aromatic heterocycles. The van der Waals surface area contributed by atoms with E-state index in [-0.39, 0.29) is 31.1 Å². The molecule has 0 spiro atoms. The molecular formula is C70H134O6. The van der Waals surface area contributed by atoms with Crippen LogP contribution in [-0.4, -0.2) is 37.2 Å². The van der Waals surface area contributed by atoms with E-state index in [1.54, 1.807) is 0 Å². The van der Waals surface area contributed by atoms with Crippen molar-refractivity contribution in [1.29, 1.82) is 0 Å². The lowest BCUT2D eigenvalue weighted by Gasteiger charge is -2.18. The molecule has 0 radical (unpaired) electrons. The summed E-state index contributed by atoms with van der Waals surface area (Å²) in [4.78, 5) is 38.4. The van der Waals surface area contributed by atoms with Gasteiger partial charge in [-0.3, -0.25) is 14.4 Å². The molecule has 0 aliphatic carbocycles. The Morgan fingerprint density at radius 2 is 0.434 bits per heavy atom. The number of carbonyl (C=O) groups is 3. The quantitative estimate of drug-likeness (QED) is 0.0261. The van der Waals surface area contributed by atoms with Crippen LogP contribution in [-0.2, 0) is 28.6 Å². The van der Waals surface area contributed by atoms with Crippen LogP contribution < -0.4 is 0 Å². The summed E-state index contributed by atoms with van der Waals surface area (Å²) < 4.78 is 17.0. The van der Waals surface area contributed by atoms with Crippen molar-refractivity contribution < 1.29 is 28.6 Å². The van der Waals surface area contributed by atoms with Gasteiger partial charge in [-0.2, -0.15) is 0 Å². The van der Waals surface area contributed by atoms with Gasteiger partial charge in [0.1, 0.15) is 13.2 Å². The van der Waals surface area contributed by atoms with Crippen LogP contribution in [0.2, 0.25) is 0 Å². The van der Waals surface area contributed by atoms with Crippen molar-refractivity contribution in [3.05, 3.63) is 12.2 Å². The second kappa shape index (κ2) is 65.7. The number of hydrogen-bond acceptors (Lipinski definition) is 6. The molecule has 0 saturated heterocycles. The monoisotopic (exact) mass is 1070 g/mol. The van der Waals surface area contributed by atoms with Crippen LogP contribution in [0.4, 0.5) is 0 Å². The molecule has 0 fully saturated rings. The number of hydrogen-bond donors (Lipinski definition) is 0. The standard InChI is InChI=1S/C70H134O6/c1-4-7-10-13-16-19-22-25-28-31-32-33-34-35-36-37-38-40-42-45-48-51-54-57-60-63-69(72)75-66-67(65-74-68(71)62-59-56-53-50-47-44-41-30-27-24-21-18-15-12-9-6-3)76-70(73)64-61-58-55-52-49-46-43-39-29-26-23-20-17-14-11-8-5-2/h26,29,67H,4-25,27-28,30-66H2,1-3H3/b29-26-. The zero-order valence-electron chi connectivity index (χ0n) is 51.8. The minimum Gasteiger partial charge on any atom is -0.462 e. The van der Waals surface area contributed by atoms with E-state index in [4.69, 9.17) is 14.2 Å². The maximum absolute atomic E-state index is 12.9. The van der Waals surface area contributed by atoms with E-state index in [1.807, 2.05) is 0 Å². The Kier molecular flexibility index (Phi) is 64.1. The van der Waals surface area contributed by atoms with E-state index < -0.39 is 6.10 Å². The van der Waals surface area contributed by atoms with Gasteiger partial charge >= 0.3 is 17.9 Å². The molecule has 76 heavy (non-hydrogen) atoms. The highest BCUT2D eigenvalue weighted by molar-refractivity contribution is 5.71. The molecule has 0 aliphatic rings. The lowest BCUT2D eigenvalue weighted by molar-refractivity contribution is -0.167. The molecule has 0 saturated carbocycles. The first-order chi connectivity index (χ1) is 37.5. The average Bonchev–Trinajstić information content (AvgIpc) is 3.42. The topological polar surface area (TPSA) is 78.9 Å². The van der Waals surface area contributed by atoms with Crippen LogP contribution in [0.3, 0.4) is 0 Å². The van der Waals surface area contributed by atoms with Crippen molar-refractivity contribution in [3.63, 3.8) is 0 Å². The van der Waals surface area contributed by atoms with Gasteiger partial charge in [0.05, 0.1) is 0 Å². The summed E-state index contributed by atoms with van der Waals surface area (Å²) in [5.41, 5.74) is 0. The van der Waals surface area contributed by atoms with E-state index in [0.717, 1.165) is 57.8 Å². The zero-order chi connectivity index (χ0) is 55.0. The Bertz CT molecular complexity index is 1180. The third-order valence-corrected chi connectivity index (χ3v) is 16.0. The first-order valence-corrected chi connectivity index (χ1v) is 34.7. The molecule has 0 rings (SSSR count). The predicted octanol–water partition coefficient (Wildman–Crippen LogP) is 23.6. The molecule has 0 aromatic rings. The van der Waals surface area contributed by atoms with Crippen molar-refractivity contribution in [2.75, 3.05) is 13.2 Å². The predicted molar refractivity (Wildman–Crippen MR) is 330 cm³/mol. The largest absolute Gasteiger partial charge is 0.462 e. The summed E-state index contributed by atoms with van der Waals surface area (Å²) in [6, 6.07) is 0. The Morgan fingerprint density at radius 1 is 0.250 bits per heavy atom. The number of rotatable bonds is 65. The normalized spacial score (nSPS) is 12.0. The SMILES string of the molecule is CCCCCCCC/C=C\CCCCCCCCCC(=O)OC(COC(=O)CCCCCCCCCCCCCCCCCC)COC(=O)CCCCCCCCCCCCCCCCCCCCCCCCCCC. The molecule has 0 aromatic carbocycles. The van der Waals surface area contributed by atoms with E-state index in [0.29, 0.717) is 19.3 Å². The van der Waals surface area contributed by atoms with E-state index in [1.165, 1.54) is 302 Å². The van der Waals surface area contributed by atoms with Crippen molar-refractivity contribution in [1.82, 2.24) is 0 Å². The molecule has 0 heterocycles. The number of esters is 3. The van der Waals surface area contributed by atoms with Crippen LogP contribution in [0.15, 0.2) is 12.2 Å². The lowest BCUT2D eigenvalue weighted by Crippen LogP contribution is -2.30. The molecule has 1 unspecified atom stereocenters. The summed E-state index contributed by atoms with van der Waals surface area (Å²) in [5.74, 6) is -0.834. The number of unbranched alkanes of at least 4 members (excludes halogenated alkanes) is 52. The molecular weight excluding hydrogens is 937 g/mol. The molecule has 1 atom stereocenters. The summed E-state index contributed by atoms with van der Waals surface area (Å²) >= 11 is 0. The molecule has 0 aliphatic heterocycles. The number of carbonyl (C=O) groups excluding carboxylic acids is 3. The molecule has 6 heteroatoms. The highest BCUT2D eigenvalue weighted by Gasteiger charge is 2.19. The molecule has 0 N–H and O–H groups in total. The Balaban J connectivity index is 4.23.